The second-order valence-electron chi connectivity index (χ2n) is 3.02. The average molecular weight is 166 g/mol. The summed E-state index contributed by atoms with van der Waals surface area (Å²) < 4.78 is 0. The summed E-state index contributed by atoms with van der Waals surface area (Å²) in [5.74, 6) is 0. The van der Waals surface area contributed by atoms with Crippen molar-refractivity contribution in [2.75, 3.05) is 11.5 Å². The lowest BCUT2D eigenvalue weighted by molar-refractivity contribution is 0.195. The van der Waals surface area contributed by atoms with Crippen LogP contribution < -0.4 is 11.5 Å². The first kappa shape index (κ1) is 8.87. The predicted octanol–water partition coefficient (Wildman–Crippen LogP) is 0.774. The topological polar surface area (TPSA) is 72.3 Å². The Balaban J connectivity index is 2.82. The van der Waals surface area contributed by atoms with Crippen LogP contribution in [0.2, 0.25) is 0 Å². The van der Waals surface area contributed by atoms with Crippen LogP contribution in [0.15, 0.2) is 18.2 Å². The maximum atomic E-state index is 9.09. The largest absolute Gasteiger partial charge is 0.397 e. The van der Waals surface area contributed by atoms with Gasteiger partial charge in [0.15, 0.2) is 0 Å². The molecule has 0 amide bonds. The van der Waals surface area contributed by atoms with Crippen LogP contribution in [0.3, 0.4) is 0 Å². The van der Waals surface area contributed by atoms with E-state index < -0.39 is 0 Å². The predicted molar refractivity (Wildman–Crippen MR) is 50.7 cm³/mol. The third kappa shape index (κ3) is 2.13. The van der Waals surface area contributed by atoms with Crippen molar-refractivity contribution in [2.24, 2.45) is 0 Å². The monoisotopic (exact) mass is 166 g/mol. The van der Waals surface area contributed by atoms with E-state index in [1.807, 2.05) is 6.07 Å². The van der Waals surface area contributed by atoms with Crippen LogP contribution in [0.4, 0.5) is 11.4 Å². The van der Waals surface area contributed by atoms with E-state index in [-0.39, 0.29) is 6.10 Å². The molecule has 0 aliphatic rings. The number of rotatable bonds is 2. The summed E-state index contributed by atoms with van der Waals surface area (Å²) in [5, 5.41) is 9.09. The van der Waals surface area contributed by atoms with Crippen LogP contribution >= 0.6 is 0 Å². The van der Waals surface area contributed by atoms with Crippen LogP contribution in [-0.2, 0) is 6.42 Å². The highest BCUT2D eigenvalue weighted by molar-refractivity contribution is 5.63. The van der Waals surface area contributed by atoms with Gasteiger partial charge in [0.25, 0.3) is 0 Å². The molecule has 0 saturated carbocycles. The fourth-order valence-electron chi connectivity index (χ4n) is 1.09. The van der Waals surface area contributed by atoms with Crippen molar-refractivity contribution in [3.8, 4) is 0 Å². The fraction of sp³-hybridized carbons (Fsp3) is 0.333. The molecule has 0 aromatic heterocycles. The van der Waals surface area contributed by atoms with E-state index in [0.29, 0.717) is 17.8 Å². The Kier molecular flexibility index (Phi) is 2.55. The number of aliphatic hydroxyl groups excluding tert-OH is 1. The van der Waals surface area contributed by atoms with Crippen LogP contribution in [0.1, 0.15) is 12.5 Å². The summed E-state index contributed by atoms with van der Waals surface area (Å²) in [7, 11) is 0. The Morgan fingerprint density at radius 1 is 1.33 bits per heavy atom. The first-order chi connectivity index (χ1) is 5.59. The lowest BCUT2D eigenvalue weighted by Crippen LogP contribution is -2.05. The molecule has 0 heterocycles. The maximum absolute atomic E-state index is 9.09. The van der Waals surface area contributed by atoms with Gasteiger partial charge in [0, 0.05) is 0 Å². The minimum absolute atomic E-state index is 0.340. The number of nitrogens with two attached hydrogens (primary N) is 2. The summed E-state index contributed by atoms with van der Waals surface area (Å²) in [6.07, 6.45) is 0.276. The molecule has 1 unspecified atom stereocenters. The van der Waals surface area contributed by atoms with Crippen LogP contribution in [0.5, 0.6) is 0 Å². The average Bonchev–Trinajstić information content (AvgIpc) is 1.96. The van der Waals surface area contributed by atoms with Gasteiger partial charge in [-0.2, -0.15) is 0 Å². The summed E-state index contributed by atoms with van der Waals surface area (Å²) in [4.78, 5) is 0. The number of hydrogen-bond acceptors (Lipinski definition) is 3. The second kappa shape index (κ2) is 3.45. The molecule has 0 radical (unpaired) electrons. The fourth-order valence-corrected chi connectivity index (χ4v) is 1.09. The molecule has 1 rings (SSSR count). The first-order valence-corrected chi connectivity index (χ1v) is 3.91. The molecule has 1 aromatic carbocycles. The van der Waals surface area contributed by atoms with Gasteiger partial charge < -0.3 is 16.6 Å². The molecule has 66 valence electrons. The lowest BCUT2D eigenvalue weighted by Gasteiger charge is -2.06. The minimum atomic E-state index is -0.340. The lowest BCUT2D eigenvalue weighted by atomic mass is 10.1. The third-order valence-corrected chi connectivity index (χ3v) is 1.68. The van der Waals surface area contributed by atoms with E-state index in [2.05, 4.69) is 0 Å². The number of anilines is 2. The summed E-state index contributed by atoms with van der Waals surface area (Å²) >= 11 is 0. The standard InChI is InChI=1S/C9H14N2O/c1-6(12)4-7-2-3-8(10)9(11)5-7/h2-3,5-6,12H,4,10-11H2,1H3. The summed E-state index contributed by atoms with van der Waals surface area (Å²) in [6, 6.07) is 5.42. The van der Waals surface area contributed by atoms with Gasteiger partial charge in [0.1, 0.15) is 0 Å². The highest BCUT2D eigenvalue weighted by Gasteiger charge is 2.00. The molecular formula is C9H14N2O. The van der Waals surface area contributed by atoms with Crippen LogP contribution in [0, 0.1) is 0 Å². The van der Waals surface area contributed by atoms with Gasteiger partial charge >= 0.3 is 0 Å². The van der Waals surface area contributed by atoms with Crippen molar-refractivity contribution in [2.45, 2.75) is 19.4 Å². The van der Waals surface area contributed by atoms with E-state index in [9.17, 15) is 0 Å². The van der Waals surface area contributed by atoms with Gasteiger partial charge in [-0.1, -0.05) is 6.07 Å². The van der Waals surface area contributed by atoms with E-state index in [4.69, 9.17) is 16.6 Å². The van der Waals surface area contributed by atoms with Crippen molar-refractivity contribution < 1.29 is 5.11 Å². The summed E-state index contributed by atoms with van der Waals surface area (Å²) in [6.45, 7) is 1.74. The smallest absolute Gasteiger partial charge is 0.0552 e. The van der Waals surface area contributed by atoms with Crippen LogP contribution in [-0.4, -0.2) is 11.2 Å². The molecule has 1 atom stereocenters. The van der Waals surface area contributed by atoms with Crippen molar-refractivity contribution >= 4 is 11.4 Å². The van der Waals surface area contributed by atoms with Crippen LogP contribution in [0.25, 0.3) is 0 Å². The quantitative estimate of drug-likeness (QED) is 0.568. The van der Waals surface area contributed by atoms with Crippen molar-refractivity contribution in [1.29, 1.82) is 0 Å². The molecule has 1 aromatic rings. The van der Waals surface area contributed by atoms with Gasteiger partial charge in [-0.15, -0.1) is 0 Å². The molecule has 0 fully saturated rings. The van der Waals surface area contributed by atoms with E-state index >= 15 is 0 Å². The Bertz CT molecular complexity index is 271. The van der Waals surface area contributed by atoms with Gasteiger partial charge in [-0.3, -0.25) is 0 Å². The zero-order valence-corrected chi connectivity index (χ0v) is 7.12. The molecule has 12 heavy (non-hydrogen) atoms. The number of benzene rings is 1. The first-order valence-electron chi connectivity index (χ1n) is 3.91. The van der Waals surface area contributed by atoms with Crippen molar-refractivity contribution in [1.82, 2.24) is 0 Å². The van der Waals surface area contributed by atoms with Crippen molar-refractivity contribution in [3.63, 3.8) is 0 Å². The molecule has 5 N–H and O–H groups in total. The Labute approximate surface area is 72.0 Å². The van der Waals surface area contributed by atoms with Crippen molar-refractivity contribution in [3.05, 3.63) is 23.8 Å². The zero-order valence-electron chi connectivity index (χ0n) is 7.12. The third-order valence-electron chi connectivity index (χ3n) is 1.68. The molecule has 0 saturated heterocycles. The molecule has 0 aliphatic heterocycles. The maximum Gasteiger partial charge on any atom is 0.0552 e. The molecule has 0 aliphatic carbocycles. The Morgan fingerprint density at radius 3 is 2.50 bits per heavy atom. The zero-order chi connectivity index (χ0) is 9.14. The molecule has 3 heteroatoms. The molecule has 0 bridgehead atoms. The number of nitrogen functional groups attached to an aromatic ring is 2. The van der Waals surface area contributed by atoms with Gasteiger partial charge in [0.05, 0.1) is 17.5 Å². The SMILES string of the molecule is CC(O)Cc1ccc(N)c(N)c1. The molecule has 0 spiro atoms. The highest BCUT2D eigenvalue weighted by Crippen LogP contribution is 2.16. The van der Waals surface area contributed by atoms with Gasteiger partial charge in [-0.05, 0) is 31.0 Å². The minimum Gasteiger partial charge on any atom is -0.397 e. The molecule has 3 nitrogen and oxygen atoms in total. The summed E-state index contributed by atoms with van der Waals surface area (Å²) in [5.41, 5.74) is 13.3. The van der Waals surface area contributed by atoms with Gasteiger partial charge in [-0.25, -0.2) is 0 Å². The Morgan fingerprint density at radius 2 is 2.00 bits per heavy atom. The highest BCUT2D eigenvalue weighted by atomic mass is 16.3. The number of aliphatic hydroxyl groups is 1. The number of hydrogen-bond donors (Lipinski definition) is 3. The normalized spacial score (nSPS) is 12.8. The van der Waals surface area contributed by atoms with E-state index in [1.54, 1.807) is 19.1 Å². The second-order valence-corrected chi connectivity index (χ2v) is 3.02. The van der Waals surface area contributed by atoms with E-state index in [0.717, 1.165) is 5.56 Å². The van der Waals surface area contributed by atoms with E-state index in [1.165, 1.54) is 0 Å². The Hall–Kier alpha value is -1.22. The molecular weight excluding hydrogens is 152 g/mol. The van der Waals surface area contributed by atoms with Gasteiger partial charge in [0.2, 0.25) is 0 Å².